The highest BCUT2D eigenvalue weighted by Crippen LogP contribution is 2.22. The van der Waals surface area contributed by atoms with Gasteiger partial charge in [-0.25, -0.2) is 18.1 Å². The average Bonchev–Trinajstić information content (AvgIpc) is 2.85. The van der Waals surface area contributed by atoms with E-state index in [-0.39, 0.29) is 22.4 Å². The SMILES string of the molecule is CCNc1ncc(S(=O)(=O)NCc2nc(C)no2)cc1Cl. The molecule has 0 saturated carbocycles. The molecule has 0 aromatic carbocycles. The summed E-state index contributed by atoms with van der Waals surface area (Å²) >= 11 is 5.98. The first-order chi connectivity index (χ1) is 9.92. The van der Waals surface area contributed by atoms with E-state index < -0.39 is 10.0 Å². The number of anilines is 1. The van der Waals surface area contributed by atoms with Crippen molar-refractivity contribution >= 4 is 27.4 Å². The Morgan fingerprint density at radius 1 is 1.43 bits per heavy atom. The van der Waals surface area contributed by atoms with Gasteiger partial charge in [0.05, 0.1) is 11.6 Å². The van der Waals surface area contributed by atoms with Crippen molar-refractivity contribution in [2.24, 2.45) is 0 Å². The van der Waals surface area contributed by atoms with Gasteiger partial charge in [0.15, 0.2) is 5.82 Å². The van der Waals surface area contributed by atoms with Crippen LogP contribution in [0.1, 0.15) is 18.6 Å². The van der Waals surface area contributed by atoms with Crippen molar-refractivity contribution in [1.29, 1.82) is 0 Å². The van der Waals surface area contributed by atoms with Gasteiger partial charge in [-0.05, 0) is 19.9 Å². The number of aryl methyl sites for hydroxylation is 1. The lowest BCUT2D eigenvalue weighted by Crippen LogP contribution is -2.23. The summed E-state index contributed by atoms with van der Waals surface area (Å²) in [5.41, 5.74) is 0. The summed E-state index contributed by atoms with van der Waals surface area (Å²) in [7, 11) is -3.76. The molecule has 0 saturated heterocycles. The molecule has 0 bridgehead atoms. The Bertz CT molecular complexity index is 731. The van der Waals surface area contributed by atoms with Crippen LogP contribution in [0, 0.1) is 6.92 Å². The third-order valence-electron chi connectivity index (χ3n) is 2.45. The van der Waals surface area contributed by atoms with Crippen molar-refractivity contribution < 1.29 is 12.9 Å². The van der Waals surface area contributed by atoms with E-state index in [9.17, 15) is 8.42 Å². The highest BCUT2D eigenvalue weighted by atomic mass is 35.5. The van der Waals surface area contributed by atoms with E-state index in [2.05, 4.69) is 25.2 Å². The van der Waals surface area contributed by atoms with Crippen LogP contribution in [-0.2, 0) is 16.6 Å². The van der Waals surface area contributed by atoms with Crippen molar-refractivity contribution in [3.63, 3.8) is 0 Å². The third kappa shape index (κ3) is 3.90. The molecule has 0 radical (unpaired) electrons. The smallest absolute Gasteiger partial charge is 0.242 e. The molecule has 2 aromatic heterocycles. The minimum absolute atomic E-state index is 0.0367. The van der Waals surface area contributed by atoms with Crippen LogP contribution in [0.5, 0.6) is 0 Å². The summed E-state index contributed by atoms with van der Waals surface area (Å²) in [4.78, 5) is 7.85. The van der Waals surface area contributed by atoms with Crippen molar-refractivity contribution in [3.05, 3.63) is 29.0 Å². The minimum Gasteiger partial charge on any atom is -0.369 e. The van der Waals surface area contributed by atoms with E-state index in [4.69, 9.17) is 16.1 Å². The van der Waals surface area contributed by atoms with Gasteiger partial charge in [0.25, 0.3) is 0 Å². The number of nitrogens with one attached hydrogen (secondary N) is 2. The number of hydrogen-bond donors (Lipinski definition) is 2. The number of pyridine rings is 1. The fourth-order valence-corrected chi connectivity index (χ4v) is 2.76. The van der Waals surface area contributed by atoms with Gasteiger partial charge < -0.3 is 9.84 Å². The molecule has 0 fully saturated rings. The van der Waals surface area contributed by atoms with Gasteiger partial charge in [-0.2, -0.15) is 4.98 Å². The highest BCUT2D eigenvalue weighted by molar-refractivity contribution is 7.89. The molecule has 2 rings (SSSR count). The van der Waals surface area contributed by atoms with Gasteiger partial charge in [-0.1, -0.05) is 16.8 Å². The molecule has 21 heavy (non-hydrogen) atoms. The van der Waals surface area contributed by atoms with Crippen molar-refractivity contribution in [2.75, 3.05) is 11.9 Å². The van der Waals surface area contributed by atoms with Gasteiger partial charge in [0.2, 0.25) is 15.9 Å². The molecule has 114 valence electrons. The Balaban J connectivity index is 2.13. The summed E-state index contributed by atoms with van der Waals surface area (Å²) in [6, 6.07) is 1.33. The topological polar surface area (TPSA) is 110 Å². The summed E-state index contributed by atoms with van der Waals surface area (Å²) < 4.78 is 31.4. The predicted molar refractivity (Wildman–Crippen MR) is 76.5 cm³/mol. The predicted octanol–water partition coefficient (Wildman–Crippen LogP) is 1.34. The van der Waals surface area contributed by atoms with E-state index >= 15 is 0 Å². The first-order valence-electron chi connectivity index (χ1n) is 6.10. The van der Waals surface area contributed by atoms with E-state index in [0.717, 1.165) is 0 Å². The van der Waals surface area contributed by atoms with Gasteiger partial charge in [0.1, 0.15) is 10.7 Å². The number of hydrogen-bond acceptors (Lipinski definition) is 7. The molecule has 0 atom stereocenters. The van der Waals surface area contributed by atoms with Crippen LogP contribution in [0.3, 0.4) is 0 Å². The fraction of sp³-hybridized carbons (Fsp3) is 0.364. The normalized spacial score (nSPS) is 11.6. The molecule has 0 aliphatic heterocycles. The number of sulfonamides is 1. The molecule has 0 amide bonds. The minimum atomic E-state index is -3.76. The van der Waals surface area contributed by atoms with E-state index in [1.807, 2.05) is 6.92 Å². The Morgan fingerprint density at radius 3 is 2.76 bits per heavy atom. The van der Waals surface area contributed by atoms with Crippen LogP contribution in [0.4, 0.5) is 5.82 Å². The summed E-state index contributed by atoms with van der Waals surface area (Å²) in [6.45, 7) is 4.06. The fourth-order valence-electron chi connectivity index (χ4n) is 1.52. The van der Waals surface area contributed by atoms with Crippen LogP contribution in [0.15, 0.2) is 21.7 Å². The quantitative estimate of drug-likeness (QED) is 0.821. The van der Waals surface area contributed by atoms with Gasteiger partial charge in [-0.3, -0.25) is 0 Å². The number of aromatic nitrogens is 3. The largest absolute Gasteiger partial charge is 0.369 e. The molecule has 0 spiro atoms. The lowest BCUT2D eigenvalue weighted by Gasteiger charge is -2.08. The highest BCUT2D eigenvalue weighted by Gasteiger charge is 2.17. The maximum atomic E-state index is 12.1. The summed E-state index contributed by atoms with van der Waals surface area (Å²) in [6.07, 6.45) is 1.23. The second-order valence-corrected chi connectivity index (χ2v) is 6.27. The molecule has 0 aliphatic rings. The van der Waals surface area contributed by atoms with Crippen LogP contribution < -0.4 is 10.0 Å². The summed E-state index contributed by atoms with van der Waals surface area (Å²) in [5, 5.41) is 6.73. The molecule has 10 heteroatoms. The Labute approximate surface area is 127 Å². The zero-order valence-electron chi connectivity index (χ0n) is 11.4. The monoisotopic (exact) mass is 331 g/mol. The Kier molecular flexibility index (Phi) is 4.76. The number of halogens is 1. The molecule has 0 aliphatic carbocycles. The molecule has 2 aromatic rings. The average molecular weight is 332 g/mol. The van der Waals surface area contributed by atoms with Crippen LogP contribution in [0.2, 0.25) is 5.02 Å². The maximum Gasteiger partial charge on any atom is 0.242 e. The molecule has 8 nitrogen and oxygen atoms in total. The van der Waals surface area contributed by atoms with Crippen LogP contribution in [0.25, 0.3) is 0 Å². The number of rotatable bonds is 6. The van der Waals surface area contributed by atoms with Crippen molar-refractivity contribution in [3.8, 4) is 0 Å². The van der Waals surface area contributed by atoms with E-state index in [1.165, 1.54) is 12.3 Å². The zero-order valence-corrected chi connectivity index (χ0v) is 13.0. The molecular weight excluding hydrogens is 318 g/mol. The number of nitrogens with zero attached hydrogens (tertiary/aromatic N) is 3. The lowest BCUT2D eigenvalue weighted by atomic mass is 10.4. The van der Waals surface area contributed by atoms with Crippen LogP contribution in [-0.4, -0.2) is 30.1 Å². The zero-order chi connectivity index (χ0) is 15.5. The first-order valence-corrected chi connectivity index (χ1v) is 7.96. The molecule has 2 N–H and O–H groups in total. The Hall–Kier alpha value is -1.71. The maximum absolute atomic E-state index is 12.1. The Morgan fingerprint density at radius 2 is 2.19 bits per heavy atom. The van der Waals surface area contributed by atoms with E-state index in [1.54, 1.807) is 6.92 Å². The van der Waals surface area contributed by atoms with Crippen molar-refractivity contribution in [1.82, 2.24) is 19.8 Å². The van der Waals surface area contributed by atoms with E-state index in [0.29, 0.717) is 18.2 Å². The second-order valence-electron chi connectivity index (χ2n) is 4.09. The standard InChI is InChI=1S/C11H14ClN5O3S/c1-3-13-11-9(12)4-8(5-14-11)21(18,19)15-6-10-16-7(2)17-20-10/h4-5,15H,3,6H2,1-2H3,(H,13,14). The third-order valence-corrected chi connectivity index (χ3v) is 4.11. The van der Waals surface area contributed by atoms with Gasteiger partial charge in [-0.15, -0.1) is 0 Å². The van der Waals surface area contributed by atoms with Crippen molar-refractivity contribution in [2.45, 2.75) is 25.3 Å². The lowest BCUT2D eigenvalue weighted by molar-refractivity contribution is 0.372. The molecular formula is C11H14ClN5O3S. The van der Waals surface area contributed by atoms with Crippen LogP contribution >= 0.6 is 11.6 Å². The second kappa shape index (κ2) is 6.37. The summed E-state index contributed by atoms with van der Waals surface area (Å²) in [5.74, 6) is 1.05. The van der Waals surface area contributed by atoms with Gasteiger partial charge in [0, 0.05) is 12.7 Å². The first kappa shape index (κ1) is 15.7. The molecule has 0 unspecified atom stereocenters. The van der Waals surface area contributed by atoms with Gasteiger partial charge >= 0.3 is 0 Å². The molecule has 2 heterocycles.